The van der Waals surface area contributed by atoms with E-state index < -0.39 is 23.8 Å². The van der Waals surface area contributed by atoms with Crippen LogP contribution in [0.5, 0.6) is 0 Å². The van der Waals surface area contributed by atoms with Gasteiger partial charge >= 0.3 is 11.9 Å². The maximum absolute atomic E-state index is 11.0. The number of nitrogens with two attached hydrogens (primary N) is 1. The van der Waals surface area contributed by atoms with Crippen LogP contribution in [0.25, 0.3) is 0 Å². The lowest BCUT2D eigenvalue weighted by atomic mass is 9.88. The highest BCUT2D eigenvalue weighted by Gasteiger charge is 2.30. The molecule has 17 heavy (non-hydrogen) atoms. The summed E-state index contributed by atoms with van der Waals surface area (Å²) in [7, 11) is 0. The molecule has 0 aliphatic carbocycles. The Bertz CT molecular complexity index is 416. The van der Waals surface area contributed by atoms with Gasteiger partial charge in [-0.3, -0.25) is 9.59 Å². The zero-order valence-electron chi connectivity index (χ0n) is 9.33. The van der Waals surface area contributed by atoms with E-state index >= 15 is 0 Å². The number of aliphatic carboxylic acids is 2. The van der Waals surface area contributed by atoms with Crippen molar-refractivity contribution in [3.63, 3.8) is 0 Å². The van der Waals surface area contributed by atoms with Crippen LogP contribution in [0.1, 0.15) is 12.5 Å². The molecule has 0 saturated heterocycles. The summed E-state index contributed by atoms with van der Waals surface area (Å²) in [4.78, 5) is 25.6. The average molecular weight is 238 g/mol. The van der Waals surface area contributed by atoms with E-state index in [9.17, 15) is 9.59 Å². The third-order valence-electron chi connectivity index (χ3n) is 2.61. The molecule has 1 aromatic heterocycles. The molecule has 0 aliphatic rings. The first-order valence-electron chi connectivity index (χ1n) is 5.08. The van der Waals surface area contributed by atoms with E-state index in [2.05, 4.69) is 4.98 Å². The lowest BCUT2D eigenvalue weighted by molar-refractivity contribution is -0.152. The molecule has 6 heteroatoms. The summed E-state index contributed by atoms with van der Waals surface area (Å²) in [6.45, 7) is 1.38. The zero-order chi connectivity index (χ0) is 13.0. The highest BCUT2D eigenvalue weighted by molar-refractivity contribution is 5.79. The van der Waals surface area contributed by atoms with Crippen LogP contribution < -0.4 is 5.73 Å². The summed E-state index contributed by atoms with van der Waals surface area (Å²) in [6, 6.07) is 3.20. The van der Waals surface area contributed by atoms with E-state index in [4.69, 9.17) is 15.9 Å². The Morgan fingerprint density at radius 2 is 2.00 bits per heavy atom. The van der Waals surface area contributed by atoms with Gasteiger partial charge in [0.1, 0.15) is 5.82 Å². The molecule has 92 valence electrons. The van der Waals surface area contributed by atoms with Crippen LogP contribution in [-0.2, 0) is 16.0 Å². The molecule has 0 bridgehead atoms. The quantitative estimate of drug-likeness (QED) is 0.693. The molecule has 6 nitrogen and oxygen atoms in total. The van der Waals surface area contributed by atoms with Gasteiger partial charge in [0.15, 0.2) is 0 Å². The summed E-state index contributed by atoms with van der Waals surface area (Å²) in [5, 5.41) is 17.8. The Morgan fingerprint density at radius 1 is 1.35 bits per heavy atom. The number of hydrogen-bond acceptors (Lipinski definition) is 4. The third kappa shape index (κ3) is 3.44. The number of anilines is 1. The minimum atomic E-state index is -1.13. The number of nitrogen functional groups attached to an aromatic ring is 1. The first kappa shape index (κ1) is 13.0. The predicted molar refractivity (Wildman–Crippen MR) is 60.3 cm³/mol. The highest BCUT2D eigenvalue weighted by Crippen LogP contribution is 2.18. The minimum absolute atomic E-state index is 0.121. The SMILES string of the molecule is CC(C(=O)O)C(Cc1ccc(N)nc1)C(=O)O. The van der Waals surface area contributed by atoms with Crippen LogP contribution in [0.15, 0.2) is 18.3 Å². The van der Waals surface area contributed by atoms with Crippen molar-refractivity contribution in [2.24, 2.45) is 11.8 Å². The predicted octanol–water partition coefficient (Wildman–Crippen LogP) is 0.628. The average Bonchev–Trinajstić information content (AvgIpc) is 2.26. The molecular formula is C11H14N2O4. The molecule has 0 saturated carbocycles. The number of carbonyl (C=O) groups is 2. The fourth-order valence-electron chi connectivity index (χ4n) is 1.46. The number of carboxylic acid groups (broad SMARTS) is 2. The van der Waals surface area contributed by atoms with Crippen molar-refractivity contribution in [2.75, 3.05) is 5.73 Å². The van der Waals surface area contributed by atoms with Crippen molar-refractivity contribution in [1.82, 2.24) is 4.98 Å². The highest BCUT2D eigenvalue weighted by atomic mass is 16.4. The van der Waals surface area contributed by atoms with Crippen molar-refractivity contribution in [1.29, 1.82) is 0 Å². The molecule has 0 amide bonds. The van der Waals surface area contributed by atoms with Crippen molar-refractivity contribution in [3.05, 3.63) is 23.9 Å². The van der Waals surface area contributed by atoms with Crippen molar-refractivity contribution >= 4 is 17.8 Å². The number of aromatic nitrogens is 1. The fraction of sp³-hybridized carbons (Fsp3) is 0.364. The Morgan fingerprint density at radius 3 is 2.41 bits per heavy atom. The van der Waals surface area contributed by atoms with Gasteiger partial charge in [0.05, 0.1) is 11.8 Å². The molecule has 0 spiro atoms. The monoisotopic (exact) mass is 238 g/mol. The Balaban J connectivity index is 2.84. The Labute approximate surface area is 98.1 Å². The van der Waals surface area contributed by atoms with Gasteiger partial charge in [-0.2, -0.15) is 0 Å². The van der Waals surface area contributed by atoms with Gasteiger partial charge in [0, 0.05) is 6.20 Å². The molecule has 4 N–H and O–H groups in total. The molecule has 1 aromatic rings. The van der Waals surface area contributed by atoms with Crippen LogP contribution in [0.3, 0.4) is 0 Å². The van der Waals surface area contributed by atoms with Crippen LogP contribution in [-0.4, -0.2) is 27.1 Å². The van der Waals surface area contributed by atoms with Gasteiger partial charge in [-0.15, -0.1) is 0 Å². The molecule has 0 aromatic carbocycles. The van der Waals surface area contributed by atoms with Crippen molar-refractivity contribution < 1.29 is 19.8 Å². The van der Waals surface area contributed by atoms with E-state index in [-0.39, 0.29) is 6.42 Å². The Kier molecular flexibility index (Phi) is 4.03. The topological polar surface area (TPSA) is 114 Å². The van der Waals surface area contributed by atoms with Crippen molar-refractivity contribution in [2.45, 2.75) is 13.3 Å². The second kappa shape index (κ2) is 5.29. The summed E-state index contributed by atoms with van der Waals surface area (Å²) in [5.74, 6) is -3.84. The fourth-order valence-corrected chi connectivity index (χ4v) is 1.46. The second-order valence-corrected chi connectivity index (χ2v) is 3.87. The lowest BCUT2D eigenvalue weighted by Gasteiger charge is -2.16. The minimum Gasteiger partial charge on any atom is -0.481 e. The summed E-state index contributed by atoms with van der Waals surface area (Å²) in [6.07, 6.45) is 1.58. The van der Waals surface area contributed by atoms with E-state index in [1.165, 1.54) is 13.1 Å². The molecule has 0 fully saturated rings. The van der Waals surface area contributed by atoms with Crippen LogP contribution >= 0.6 is 0 Å². The summed E-state index contributed by atoms with van der Waals surface area (Å²) in [5.41, 5.74) is 6.06. The van der Waals surface area contributed by atoms with Gasteiger partial charge in [0.25, 0.3) is 0 Å². The van der Waals surface area contributed by atoms with Crippen LogP contribution in [0.2, 0.25) is 0 Å². The van der Waals surface area contributed by atoms with Gasteiger partial charge in [-0.1, -0.05) is 13.0 Å². The maximum atomic E-state index is 11.0. The molecule has 2 atom stereocenters. The van der Waals surface area contributed by atoms with Crippen molar-refractivity contribution in [3.8, 4) is 0 Å². The zero-order valence-corrected chi connectivity index (χ0v) is 9.33. The second-order valence-electron chi connectivity index (χ2n) is 3.87. The number of nitrogens with zero attached hydrogens (tertiary/aromatic N) is 1. The molecular weight excluding hydrogens is 224 g/mol. The molecule has 2 unspecified atom stereocenters. The van der Waals surface area contributed by atoms with Crippen LogP contribution in [0.4, 0.5) is 5.82 Å². The number of carboxylic acids is 2. The molecule has 1 heterocycles. The molecule has 0 aliphatic heterocycles. The number of pyridine rings is 1. The van der Waals surface area contributed by atoms with E-state index in [0.29, 0.717) is 11.4 Å². The number of rotatable bonds is 5. The first-order chi connectivity index (χ1) is 7.91. The standard InChI is InChI=1S/C11H14N2O4/c1-6(10(14)15)8(11(16)17)4-7-2-3-9(12)13-5-7/h2-3,5-6,8H,4H2,1H3,(H2,12,13)(H,14,15)(H,16,17). The summed E-state index contributed by atoms with van der Waals surface area (Å²) < 4.78 is 0. The molecule has 0 radical (unpaired) electrons. The van der Waals surface area contributed by atoms with Gasteiger partial charge < -0.3 is 15.9 Å². The summed E-state index contributed by atoms with van der Waals surface area (Å²) >= 11 is 0. The van der Waals surface area contributed by atoms with Crippen LogP contribution in [0, 0.1) is 11.8 Å². The smallest absolute Gasteiger partial charge is 0.307 e. The maximum Gasteiger partial charge on any atom is 0.307 e. The van der Waals surface area contributed by atoms with E-state index in [1.54, 1.807) is 12.1 Å². The van der Waals surface area contributed by atoms with E-state index in [0.717, 1.165) is 0 Å². The van der Waals surface area contributed by atoms with Gasteiger partial charge in [-0.25, -0.2) is 4.98 Å². The first-order valence-corrected chi connectivity index (χ1v) is 5.08. The largest absolute Gasteiger partial charge is 0.481 e. The number of hydrogen-bond donors (Lipinski definition) is 3. The van der Waals surface area contributed by atoms with Gasteiger partial charge in [-0.05, 0) is 18.1 Å². The normalized spacial score (nSPS) is 13.9. The van der Waals surface area contributed by atoms with Gasteiger partial charge in [0.2, 0.25) is 0 Å². The lowest BCUT2D eigenvalue weighted by Crippen LogP contribution is -2.29. The Hall–Kier alpha value is -2.11. The van der Waals surface area contributed by atoms with E-state index in [1.807, 2.05) is 0 Å². The third-order valence-corrected chi connectivity index (χ3v) is 2.61. The molecule has 1 rings (SSSR count).